The van der Waals surface area contributed by atoms with Crippen molar-refractivity contribution in [1.29, 1.82) is 0 Å². The number of ether oxygens (including phenoxy) is 5. The lowest BCUT2D eigenvalue weighted by molar-refractivity contribution is -0.686. The second-order valence-corrected chi connectivity index (χ2v) is 10.7. The summed E-state index contributed by atoms with van der Waals surface area (Å²) in [4.78, 5) is 15.7. The number of H-pyrrole nitrogens is 1. The Morgan fingerprint density at radius 2 is 1.83 bits per heavy atom. The minimum absolute atomic E-state index is 0.252. The molecule has 1 N–H and O–H groups in total. The van der Waals surface area contributed by atoms with Crippen LogP contribution in [0.2, 0.25) is 0 Å². The van der Waals surface area contributed by atoms with Crippen LogP contribution < -0.4 is 23.5 Å². The third kappa shape index (κ3) is 4.29. The van der Waals surface area contributed by atoms with Crippen LogP contribution in [0.15, 0.2) is 54.9 Å². The van der Waals surface area contributed by atoms with E-state index in [0.29, 0.717) is 17.9 Å². The number of aromatic amines is 1. The lowest BCUT2D eigenvalue weighted by Gasteiger charge is -2.21. The van der Waals surface area contributed by atoms with E-state index in [0.717, 1.165) is 71.2 Å². The molecule has 0 fully saturated rings. The predicted octanol–water partition coefficient (Wildman–Crippen LogP) is 5.93. The maximum atomic E-state index is 12.4. The number of carbonyl (C=O) groups is 1. The van der Waals surface area contributed by atoms with Gasteiger partial charge in [-0.3, -0.25) is 0 Å². The number of methoxy groups -OCH3 is 2. The van der Waals surface area contributed by atoms with Crippen molar-refractivity contribution in [2.75, 3.05) is 27.6 Å². The first-order valence-electron chi connectivity index (χ1n) is 14.4. The van der Waals surface area contributed by atoms with Gasteiger partial charge in [0.1, 0.15) is 0 Å². The topological polar surface area (TPSA) is 82.9 Å². The van der Waals surface area contributed by atoms with Gasteiger partial charge in [-0.2, -0.15) is 4.57 Å². The predicted molar refractivity (Wildman–Crippen MR) is 159 cm³/mol. The molecule has 2 aliphatic heterocycles. The molecule has 214 valence electrons. The highest BCUT2D eigenvalue weighted by atomic mass is 16.7. The fourth-order valence-electron chi connectivity index (χ4n) is 6.44. The average Bonchev–Trinajstić information content (AvgIpc) is 3.65. The molecule has 0 spiro atoms. The first-order valence-corrected chi connectivity index (χ1v) is 14.4. The van der Waals surface area contributed by atoms with Crippen molar-refractivity contribution < 1.29 is 33.0 Å². The van der Waals surface area contributed by atoms with E-state index in [9.17, 15) is 4.79 Å². The van der Waals surface area contributed by atoms with Crippen LogP contribution in [0, 0.1) is 0 Å². The lowest BCUT2D eigenvalue weighted by Crippen LogP contribution is -2.41. The first-order chi connectivity index (χ1) is 20.6. The van der Waals surface area contributed by atoms with Gasteiger partial charge < -0.3 is 28.7 Å². The Hall–Kier alpha value is -4.72. The van der Waals surface area contributed by atoms with E-state index in [1.165, 1.54) is 27.9 Å². The number of nitrogens with zero attached hydrogens (tertiary/aromatic N) is 1. The molecule has 0 bridgehead atoms. The number of hydrogen-bond donors (Lipinski definition) is 1. The van der Waals surface area contributed by atoms with Gasteiger partial charge in [0, 0.05) is 34.5 Å². The summed E-state index contributed by atoms with van der Waals surface area (Å²) in [5, 5.41) is 3.23. The molecule has 5 aromatic rings. The SMILES string of the molecule is CCOC(=O)c1ccc2[nH]cc(CCCc3c4[n+](cc5c(OC)c(OC)ccc35)CCc3cc5c(cc3-4)OCO5)c2c1. The summed E-state index contributed by atoms with van der Waals surface area (Å²) in [6, 6.07) is 14.1. The molecule has 2 aromatic heterocycles. The molecule has 8 nitrogen and oxygen atoms in total. The molecule has 0 unspecified atom stereocenters. The number of carbonyl (C=O) groups excluding carboxylic acids is 1. The Bertz CT molecular complexity index is 1860. The van der Waals surface area contributed by atoms with Crippen LogP contribution in [0.5, 0.6) is 23.0 Å². The molecule has 3 aromatic carbocycles. The molecule has 0 saturated heterocycles. The Morgan fingerprint density at radius 1 is 0.976 bits per heavy atom. The van der Waals surface area contributed by atoms with E-state index in [1.54, 1.807) is 14.2 Å². The molecular formula is C34H33N2O6+. The summed E-state index contributed by atoms with van der Waals surface area (Å²) >= 11 is 0. The number of rotatable bonds is 8. The van der Waals surface area contributed by atoms with E-state index in [-0.39, 0.29) is 12.8 Å². The number of benzene rings is 3. The number of aryl methyl sites for hydroxylation is 4. The summed E-state index contributed by atoms with van der Waals surface area (Å²) in [5.74, 6) is 2.77. The number of esters is 1. The van der Waals surface area contributed by atoms with Crippen molar-refractivity contribution in [2.24, 2.45) is 0 Å². The van der Waals surface area contributed by atoms with Gasteiger partial charge in [-0.05, 0) is 79.8 Å². The molecule has 8 heteroatoms. The van der Waals surface area contributed by atoms with Crippen molar-refractivity contribution in [3.8, 4) is 34.3 Å². The summed E-state index contributed by atoms with van der Waals surface area (Å²) in [6.45, 7) is 3.28. The van der Waals surface area contributed by atoms with Gasteiger partial charge in [0.25, 0.3) is 0 Å². The number of hydrogen-bond acceptors (Lipinski definition) is 6. The second kappa shape index (κ2) is 10.6. The number of fused-ring (bicyclic) bond motifs is 6. The molecule has 0 atom stereocenters. The van der Waals surface area contributed by atoms with Crippen LogP contribution in [0.3, 0.4) is 0 Å². The number of nitrogens with one attached hydrogen (secondary N) is 1. The Balaban J connectivity index is 1.30. The minimum atomic E-state index is -0.296. The molecule has 2 aliphatic rings. The van der Waals surface area contributed by atoms with Crippen LogP contribution in [0.1, 0.15) is 40.4 Å². The molecule has 0 radical (unpaired) electrons. The fourth-order valence-corrected chi connectivity index (χ4v) is 6.44. The van der Waals surface area contributed by atoms with Crippen molar-refractivity contribution >= 4 is 27.6 Å². The highest BCUT2D eigenvalue weighted by molar-refractivity contribution is 5.96. The van der Waals surface area contributed by atoms with Crippen LogP contribution in [0.4, 0.5) is 0 Å². The first kappa shape index (κ1) is 26.2. The zero-order chi connectivity index (χ0) is 28.8. The van der Waals surface area contributed by atoms with E-state index in [1.807, 2.05) is 31.2 Å². The van der Waals surface area contributed by atoms with Crippen LogP contribution >= 0.6 is 0 Å². The third-order valence-electron chi connectivity index (χ3n) is 8.39. The van der Waals surface area contributed by atoms with Crippen LogP contribution in [0.25, 0.3) is 32.9 Å². The summed E-state index contributed by atoms with van der Waals surface area (Å²) in [7, 11) is 3.36. The molecular weight excluding hydrogens is 532 g/mol. The lowest BCUT2D eigenvalue weighted by atomic mass is 9.89. The zero-order valence-electron chi connectivity index (χ0n) is 24.0. The van der Waals surface area contributed by atoms with Gasteiger partial charge in [-0.15, -0.1) is 0 Å². The monoisotopic (exact) mass is 565 g/mol. The normalized spacial score (nSPS) is 13.2. The summed E-state index contributed by atoms with van der Waals surface area (Å²) in [5.41, 5.74) is 7.69. The molecule has 42 heavy (non-hydrogen) atoms. The van der Waals surface area contributed by atoms with Gasteiger partial charge in [-0.1, -0.05) is 0 Å². The van der Waals surface area contributed by atoms with Crippen molar-refractivity contribution in [1.82, 2.24) is 4.98 Å². The van der Waals surface area contributed by atoms with Crippen molar-refractivity contribution in [3.05, 3.63) is 77.1 Å². The van der Waals surface area contributed by atoms with Crippen molar-refractivity contribution in [2.45, 2.75) is 39.2 Å². The van der Waals surface area contributed by atoms with Crippen LogP contribution in [-0.4, -0.2) is 38.6 Å². The van der Waals surface area contributed by atoms with Crippen molar-refractivity contribution in [3.63, 3.8) is 0 Å². The van der Waals surface area contributed by atoms with Crippen LogP contribution in [-0.2, 0) is 30.5 Å². The highest BCUT2D eigenvalue weighted by Gasteiger charge is 2.32. The standard InChI is InChI=1S/C34H32N2O6/c1-4-40-34(37)21-8-10-28-25(14-21)22(17-35-28)6-5-7-24-23-9-11-29(38-2)33(39-3)27(23)18-36-13-12-20-15-30-31(42-19-41-30)16-26(20)32(24)36/h8-11,14-18H,4-7,12-13,19H2,1-3H3/p+1. The fraction of sp³-hybridized carbons (Fsp3) is 0.294. The van der Waals surface area contributed by atoms with E-state index in [4.69, 9.17) is 23.7 Å². The Morgan fingerprint density at radius 3 is 2.64 bits per heavy atom. The number of aromatic nitrogens is 2. The Labute approximate surface area is 243 Å². The van der Waals surface area contributed by atoms with Gasteiger partial charge >= 0.3 is 5.97 Å². The van der Waals surface area contributed by atoms with E-state index in [2.05, 4.69) is 40.1 Å². The van der Waals surface area contributed by atoms with E-state index < -0.39 is 0 Å². The van der Waals surface area contributed by atoms with Gasteiger partial charge in [0.2, 0.25) is 12.5 Å². The Kier molecular flexibility index (Phi) is 6.61. The van der Waals surface area contributed by atoms with Gasteiger partial charge in [-0.25, -0.2) is 4.79 Å². The maximum Gasteiger partial charge on any atom is 0.338 e. The minimum Gasteiger partial charge on any atom is -0.493 e. The summed E-state index contributed by atoms with van der Waals surface area (Å²) in [6.07, 6.45) is 7.76. The molecule has 0 saturated carbocycles. The van der Waals surface area contributed by atoms with Gasteiger partial charge in [0.05, 0.1) is 37.3 Å². The quantitative estimate of drug-likeness (QED) is 0.186. The molecule has 7 rings (SSSR count). The smallest absolute Gasteiger partial charge is 0.338 e. The van der Waals surface area contributed by atoms with Gasteiger partial charge in [0.15, 0.2) is 35.7 Å². The average molecular weight is 566 g/mol. The molecule has 4 heterocycles. The number of pyridine rings is 1. The van der Waals surface area contributed by atoms with E-state index >= 15 is 0 Å². The highest BCUT2D eigenvalue weighted by Crippen LogP contribution is 2.44. The molecule has 0 amide bonds. The zero-order valence-corrected chi connectivity index (χ0v) is 24.0. The summed E-state index contributed by atoms with van der Waals surface area (Å²) < 4.78 is 30.6. The second-order valence-electron chi connectivity index (χ2n) is 10.7. The molecule has 0 aliphatic carbocycles. The maximum absolute atomic E-state index is 12.4. The largest absolute Gasteiger partial charge is 0.493 e. The third-order valence-corrected chi connectivity index (χ3v) is 8.39.